The van der Waals surface area contributed by atoms with Gasteiger partial charge in [-0.25, -0.2) is 0 Å². The SMILES string of the molecule is CCC1(C)CNc2nc(OC)ccc2NC1=O. The number of carbonyl (C=O) groups is 1. The van der Waals surface area contributed by atoms with Gasteiger partial charge < -0.3 is 15.4 Å². The molecule has 17 heavy (non-hydrogen) atoms. The number of anilines is 2. The zero-order valence-electron chi connectivity index (χ0n) is 10.3. The number of hydrogen-bond acceptors (Lipinski definition) is 4. The Hall–Kier alpha value is -1.78. The lowest BCUT2D eigenvalue weighted by Gasteiger charge is -2.23. The maximum absolute atomic E-state index is 12.1. The number of nitrogens with zero attached hydrogens (tertiary/aromatic N) is 1. The number of nitrogens with one attached hydrogen (secondary N) is 2. The van der Waals surface area contributed by atoms with Crippen LogP contribution in [0.2, 0.25) is 0 Å². The van der Waals surface area contributed by atoms with Crippen molar-refractivity contribution in [2.75, 3.05) is 24.3 Å². The fourth-order valence-corrected chi connectivity index (χ4v) is 1.71. The van der Waals surface area contributed by atoms with Crippen molar-refractivity contribution in [2.24, 2.45) is 5.41 Å². The molecule has 1 aromatic rings. The minimum atomic E-state index is -0.409. The van der Waals surface area contributed by atoms with Crippen molar-refractivity contribution in [3.63, 3.8) is 0 Å². The van der Waals surface area contributed by atoms with E-state index >= 15 is 0 Å². The second kappa shape index (κ2) is 4.24. The third-order valence-electron chi connectivity index (χ3n) is 3.30. The number of ether oxygens (including phenoxy) is 1. The first-order chi connectivity index (χ1) is 8.09. The van der Waals surface area contributed by atoms with Crippen molar-refractivity contribution < 1.29 is 9.53 Å². The Balaban J connectivity index is 2.34. The molecule has 0 bridgehead atoms. The molecule has 1 amide bonds. The second-order valence-corrected chi connectivity index (χ2v) is 4.47. The number of amides is 1. The van der Waals surface area contributed by atoms with Gasteiger partial charge in [0.15, 0.2) is 5.82 Å². The predicted octanol–water partition coefficient (Wildman–Crippen LogP) is 1.87. The molecule has 92 valence electrons. The van der Waals surface area contributed by atoms with Gasteiger partial charge in [-0.15, -0.1) is 0 Å². The van der Waals surface area contributed by atoms with E-state index in [0.717, 1.165) is 6.42 Å². The van der Waals surface area contributed by atoms with E-state index in [0.29, 0.717) is 23.9 Å². The van der Waals surface area contributed by atoms with Gasteiger partial charge in [-0.2, -0.15) is 4.98 Å². The van der Waals surface area contributed by atoms with Crippen LogP contribution in [-0.2, 0) is 4.79 Å². The predicted molar refractivity (Wildman–Crippen MR) is 66.3 cm³/mol. The van der Waals surface area contributed by atoms with Crippen LogP contribution < -0.4 is 15.4 Å². The van der Waals surface area contributed by atoms with E-state index < -0.39 is 5.41 Å². The van der Waals surface area contributed by atoms with E-state index in [1.54, 1.807) is 19.2 Å². The van der Waals surface area contributed by atoms with E-state index in [-0.39, 0.29) is 5.91 Å². The molecule has 0 spiro atoms. The van der Waals surface area contributed by atoms with Gasteiger partial charge in [-0.3, -0.25) is 4.79 Å². The molecular weight excluding hydrogens is 218 g/mol. The van der Waals surface area contributed by atoms with Gasteiger partial charge in [-0.05, 0) is 19.4 Å². The van der Waals surface area contributed by atoms with Crippen molar-refractivity contribution in [2.45, 2.75) is 20.3 Å². The molecule has 2 N–H and O–H groups in total. The summed E-state index contributed by atoms with van der Waals surface area (Å²) in [6, 6.07) is 3.53. The van der Waals surface area contributed by atoms with Crippen molar-refractivity contribution in [3.05, 3.63) is 12.1 Å². The standard InChI is InChI=1S/C12H17N3O2/c1-4-12(2)7-13-10-8(14-11(12)16)5-6-9(15-10)17-3/h5-6H,4,7H2,1-3H3,(H,13,15)(H,14,16). The molecule has 0 radical (unpaired) electrons. The fourth-order valence-electron chi connectivity index (χ4n) is 1.71. The molecule has 0 saturated heterocycles. The normalized spacial score (nSPS) is 23.1. The summed E-state index contributed by atoms with van der Waals surface area (Å²) >= 11 is 0. The van der Waals surface area contributed by atoms with Crippen LogP contribution in [0.15, 0.2) is 12.1 Å². The molecule has 2 rings (SSSR count). The minimum absolute atomic E-state index is 0.0261. The Morgan fingerprint density at radius 3 is 2.94 bits per heavy atom. The number of rotatable bonds is 2. The van der Waals surface area contributed by atoms with Crippen molar-refractivity contribution in [3.8, 4) is 5.88 Å². The van der Waals surface area contributed by atoms with Gasteiger partial charge in [0.25, 0.3) is 0 Å². The number of methoxy groups -OCH3 is 1. The highest BCUT2D eigenvalue weighted by molar-refractivity contribution is 5.99. The van der Waals surface area contributed by atoms with Gasteiger partial charge >= 0.3 is 0 Å². The maximum Gasteiger partial charge on any atom is 0.232 e. The summed E-state index contributed by atoms with van der Waals surface area (Å²) in [7, 11) is 1.57. The fraction of sp³-hybridized carbons (Fsp3) is 0.500. The number of hydrogen-bond donors (Lipinski definition) is 2. The average molecular weight is 235 g/mol. The Bertz CT molecular complexity index is 447. The van der Waals surface area contributed by atoms with Crippen LogP contribution in [0.3, 0.4) is 0 Å². The number of fused-ring (bicyclic) bond motifs is 1. The largest absolute Gasteiger partial charge is 0.481 e. The molecule has 0 fully saturated rings. The zero-order chi connectivity index (χ0) is 12.5. The first-order valence-corrected chi connectivity index (χ1v) is 5.69. The Labute approximate surface area is 101 Å². The van der Waals surface area contributed by atoms with Gasteiger partial charge in [0.1, 0.15) is 0 Å². The van der Waals surface area contributed by atoms with Gasteiger partial charge in [0.2, 0.25) is 11.8 Å². The smallest absolute Gasteiger partial charge is 0.232 e. The highest BCUT2D eigenvalue weighted by Crippen LogP contribution is 2.31. The summed E-state index contributed by atoms with van der Waals surface area (Å²) in [5.41, 5.74) is 0.293. The Morgan fingerprint density at radius 2 is 2.29 bits per heavy atom. The third-order valence-corrected chi connectivity index (χ3v) is 3.30. The molecule has 5 nitrogen and oxygen atoms in total. The molecule has 5 heteroatoms. The highest BCUT2D eigenvalue weighted by atomic mass is 16.5. The monoisotopic (exact) mass is 235 g/mol. The number of aromatic nitrogens is 1. The summed E-state index contributed by atoms with van der Waals surface area (Å²) in [6.07, 6.45) is 0.775. The molecule has 0 aliphatic carbocycles. The molecule has 1 unspecified atom stereocenters. The summed E-state index contributed by atoms with van der Waals surface area (Å²) in [5, 5.41) is 6.09. The van der Waals surface area contributed by atoms with Gasteiger partial charge in [-0.1, -0.05) is 6.92 Å². The number of pyridine rings is 1. The third kappa shape index (κ3) is 2.05. The van der Waals surface area contributed by atoms with E-state index in [9.17, 15) is 4.79 Å². The molecule has 1 atom stereocenters. The lowest BCUT2D eigenvalue weighted by atomic mass is 9.87. The Kier molecular flexibility index (Phi) is 2.92. The van der Waals surface area contributed by atoms with Crippen LogP contribution in [0, 0.1) is 5.41 Å². The minimum Gasteiger partial charge on any atom is -0.481 e. The summed E-state index contributed by atoms with van der Waals surface area (Å²) in [4.78, 5) is 16.4. The molecular formula is C12H17N3O2. The first kappa shape index (κ1) is 11.7. The first-order valence-electron chi connectivity index (χ1n) is 5.69. The van der Waals surface area contributed by atoms with Crippen LogP contribution >= 0.6 is 0 Å². The Morgan fingerprint density at radius 1 is 1.53 bits per heavy atom. The maximum atomic E-state index is 12.1. The quantitative estimate of drug-likeness (QED) is 0.821. The van der Waals surface area contributed by atoms with E-state index in [2.05, 4.69) is 15.6 Å². The van der Waals surface area contributed by atoms with Crippen LogP contribution in [0.1, 0.15) is 20.3 Å². The van der Waals surface area contributed by atoms with Gasteiger partial charge in [0, 0.05) is 12.6 Å². The van der Waals surface area contributed by atoms with E-state index in [4.69, 9.17) is 4.74 Å². The molecule has 1 aromatic heterocycles. The summed E-state index contributed by atoms with van der Waals surface area (Å²) in [6.45, 7) is 4.52. The van der Waals surface area contributed by atoms with Crippen LogP contribution in [0.25, 0.3) is 0 Å². The van der Waals surface area contributed by atoms with Crippen molar-refractivity contribution >= 4 is 17.4 Å². The van der Waals surface area contributed by atoms with Crippen LogP contribution in [-0.4, -0.2) is 24.5 Å². The van der Waals surface area contributed by atoms with E-state index in [1.807, 2.05) is 13.8 Å². The lowest BCUT2D eigenvalue weighted by Crippen LogP contribution is -2.36. The lowest BCUT2D eigenvalue weighted by molar-refractivity contribution is -0.124. The highest BCUT2D eigenvalue weighted by Gasteiger charge is 2.34. The number of carbonyl (C=O) groups excluding carboxylic acids is 1. The van der Waals surface area contributed by atoms with E-state index in [1.165, 1.54) is 0 Å². The molecule has 0 aromatic carbocycles. The van der Waals surface area contributed by atoms with Crippen LogP contribution in [0.5, 0.6) is 5.88 Å². The topological polar surface area (TPSA) is 63.3 Å². The average Bonchev–Trinajstić information content (AvgIpc) is 2.48. The molecule has 1 aliphatic heterocycles. The van der Waals surface area contributed by atoms with Crippen molar-refractivity contribution in [1.82, 2.24) is 4.98 Å². The van der Waals surface area contributed by atoms with Crippen LogP contribution in [0.4, 0.5) is 11.5 Å². The second-order valence-electron chi connectivity index (χ2n) is 4.47. The zero-order valence-corrected chi connectivity index (χ0v) is 10.3. The molecule has 0 saturated carbocycles. The van der Waals surface area contributed by atoms with Gasteiger partial charge in [0.05, 0.1) is 18.2 Å². The molecule has 2 heterocycles. The summed E-state index contributed by atoms with van der Waals surface area (Å²) < 4.78 is 5.06. The van der Waals surface area contributed by atoms with Crippen molar-refractivity contribution in [1.29, 1.82) is 0 Å². The molecule has 1 aliphatic rings. The summed E-state index contributed by atoms with van der Waals surface area (Å²) in [5.74, 6) is 1.22.